The lowest BCUT2D eigenvalue weighted by molar-refractivity contribution is 0.102. The van der Waals surface area contributed by atoms with Gasteiger partial charge >= 0.3 is 0 Å². The zero-order chi connectivity index (χ0) is 16.3. The van der Waals surface area contributed by atoms with Crippen LogP contribution in [0.25, 0.3) is 0 Å². The molecule has 0 aliphatic carbocycles. The van der Waals surface area contributed by atoms with E-state index in [1.165, 1.54) is 13.1 Å². The Kier molecular flexibility index (Phi) is 4.63. The molecule has 0 bridgehead atoms. The zero-order valence-electron chi connectivity index (χ0n) is 12.7. The van der Waals surface area contributed by atoms with Crippen LogP contribution in [0.15, 0.2) is 47.4 Å². The molecule has 2 N–H and O–H groups in total. The largest absolute Gasteiger partial charge is 0.322 e. The molecule has 0 saturated carbocycles. The fourth-order valence-electron chi connectivity index (χ4n) is 2.10. The summed E-state index contributed by atoms with van der Waals surface area (Å²) in [5, 5.41) is 2.73. The fourth-order valence-corrected chi connectivity index (χ4v) is 3.10. The van der Waals surface area contributed by atoms with Crippen LogP contribution >= 0.6 is 0 Å². The number of carbonyl (C=O) groups is 1. The van der Waals surface area contributed by atoms with Crippen LogP contribution < -0.4 is 10.0 Å². The Morgan fingerprint density at radius 1 is 1.00 bits per heavy atom. The van der Waals surface area contributed by atoms with Gasteiger partial charge in [-0.25, -0.2) is 13.1 Å². The first kappa shape index (κ1) is 16.2. The van der Waals surface area contributed by atoms with Crippen molar-refractivity contribution in [2.45, 2.75) is 18.7 Å². The lowest BCUT2D eigenvalue weighted by atomic mass is 10.1. The van der Waals surface area contributed by atoms with Crippen molar-refractivity contribution >= 4 is 21.6 Å². The van der Waals surface area contributed by atoms with Crippen molar-refractivity contribution in [1.82, 2.24) is 4.72 Å². The van der Waals surface area contributed by atoms with E-state index in [2.05, 4.69) is 10.0 Å². The van der Waals surface area contributed by atoms with Crippen LogP contribution in [-0.2, 0) is 10.0 Å². The van der Waals surface area contributed by atoms with Crippen LogP contribution in [0.1, 0.15) is 21.5 Å². The van der Waals surface area contributed by atoms with E-state index in [0.29, 0.717) is 16.8 Å². The SMILES string of the molecule is CNS(=O)(=O)c1cc(NC(=O)c2ccccc2C)ccc1C. The Labute approximate surface area is 130 Å². The average Bonchev–Trinajstić information content (AvgIpc) is 2.49. The van der Waals surface area contributed by atoms with E-state index in [1.54, 1.807) is 31.2 Å². The number of benzene rings is 2. The molecule has 1 amide bonds. The molecular formula is C16H18N2O3S. The Balaban J connectivity index is 2.34. The second-order valence-electron chi connectivity index (χ2n) is 4.96. The predicted molar refractivity (Wildman–Crippen MR) is 86.6 cm³/mol. The molecule has 5 nitrogen and oxygen atoms in total. The Morgan fingerprint density at radius 2 is 1.68 bits per heavy atom. The summed E-state index contributed by atoms with van der Waals surface area (Å²) in [6.45, 7) is 3.55. The van der Waals surface area contributed by atoms with Crippen LogP contribution in [0.4, 0.5) is 5.69 Å². The summed E-state index contributed by atoms with van der Waals surface area (Å²) in [5.41, 5.74) is 2.46. The smallest absolute Gasteiger partial charge is 0.255 e. The summed E-state index contributed by atoms with van der Waals surface area (Å²) in [7, 11) is -2.21. The standard InChI is InChI=1S/C16H18N2O3S/c1-11-6-4-5-7-14(11)16(19)18-13-9-8-12(2)15(10-13)22(20,21)17-3/h4-10,17H,1-3H3,(H,18,19). The van der Waals surface area contributed by atoms with Gasteiger partial charge in [-0.05, 0) is 50.2 Å². The normalized spacial score (nSPS) is 11.2. The molecule has 0 heterocycles. The van der Waals surface area contributed by atoms with E-state index in [0.717, 1.165) is 5.56 Å². The van der Waals surface area contributed by atoms with Crippen molar-refractivity contribution in [3.63, 3.8) is 0 Å². The number of sulfonamides is 1. The van der Waals surface area contributed by atoms with E-state index in [1.807, 2.05) is 19.1 Å². The minimum absolute atomic E-state index is 0.151. The van der Waals surface area contributed by atoms with Crippen LogP contribution in [0.3, 0.4) is 0 Å². The molecule has 0 spiro atoms. The Hall–Kier alpha value is -2.18. The third-order valence-corrected chi connectivity index (χ3v) is 4.95. The molecule has 2 rings (SSSR count). The molecule has 2 aromatic rings. The maximum atomic E-state index is 12.3. The van der Waals surface area contributed by atoms with E-state index in [9.17, 15) is 13.2 Å². The second-order valence-corrected chi connectivity index (χ2v) is 6.81. The van der Waals surface area contributed by atoms with Crippen molar-refractivity contribution in [2.75, 3.05) is 12.4 Å². The molecule has 0 fully saturated rings. The van der Waals surface area contributed by atoms with E-state index in [-0.39, 0.29) is 10.8 Å². The molecule has 0 atom stereocenters. The third-order valence-electron chi connectivity index (χ3n) is 3.39. The molecule has 22 heavy (non-hydrogen) atoms. The predicted octanol–water partition coefficient (Wildman–Crippen LogP) is 2.46. The van der Waals surface area contributed by atoms with Gasteiger partial charge in [-0.1, -0.05) is 24.3 Å². The molecule has 116 valence electrons. The second kappa shape index (κ2) is 6.29. The lowest BCUT2D eigenvalue weighted by Crippen LogP contribution is -2.20. The highest BCUT2D eigenvalue weighted by Gasteiger charge is 2.16. The summed E-state index contributed by atoms with van der Waals surface area (Å²) < 4.78 is 26.2. The highest BCUT2D eigenvalue weighted by Crippen LogP contribution is 2.21. The molecule has 0 unspecified atom stereocenters. The van der Waals surface area contributed by atoms with E-state index in [4.69, 9.17) is 0 Å². The van der Waals surface area contributed by atoms with Crippen molar-refractivity contribution in [1.29, 1.82) is 0 Å². The molecule has 0 radical (unpaired) electrons. The third kappa shape index (κ3) is 3.35. The van der Waals surface area contributed by atoms with Crippen LogP contribution in [0.5, 0.6) is 0 Å². The Morgan fingerprint density at radius 3 is 2.32 bits per heavy atom. The van der Waals surface area contributed by atoms with Gasteiger partial charge in [0.1, 0.15) is 0 Å². The summed E-state index contributed by atoms with van der Waals surface area (Å²) in [6.07, 6.45) is 0. The summed E-state index contributed by atoms with van der Waals surface area (Å²) in [5.74, 6) is -0.269. The number of nitrogens with one attached hydrogen (secondary N) is 2. The fraction of sp³-hybridized carbons (Fsp3) is 0.188. The first-order valence-corrected chi connectivity index (χ1v) is 8.24. The highest BCUT2D eigenvalue weighted by molar-refractivity contribution is 7.89. The highest BCUT2D eigenvalue weighted by atomic mass is 32.2. The maximum absolute atomic E-state index is 12.3. The minimum atomic E-state index is -3.56. The van der Waals surface area contributed by atoms with Crippen molar-refractivity contribution < 1.29 is 13.2 Å². The van der Waals surface area contributed by atoms with Gasteiger partial charge in [-0.2, -0.15) is 0 Å². The number of carbonyl (C=O) groups excluding carboxylic acids is 1. The molecule has 0 aliphatic rings. The molecule has 0 saturated heterocycles. The first-order chi connectivity index (χ1) is 10.3. The van der Waals surface area contributed by atoms with Gasteiger partial charge in [0.25, 0.3) is 5.91 Å². The van der Waals surface area contributed by atoms with Gasteiger partial charge in [0.05, 0.1) is 4.90 Å². The summed E-state index contributed by atoms with van der Waals surface area (Å²) in [4.78, 5) is 12.4. The molecule has 2 aromatic carbocycles. The van der Waals surface area contributed by atoms with Crippen molar-refractivity contribution in [3.8, 4) is 0 Å². The monoisotopic (exact) mass is 318 g/mol. The van der Waals surface area contributed by atoms with Crippen LogP contribution in [0, 0.1) is 13.8 Å². The van der Waals surface area contributed by atoms with Gasteiger partial charge in [0.15, 0.2) is 0 Å². The van der Waals surface area contributed by atoms with Crippen LogP contribution in [0.2, 0.25) is 0 Å². The number of rotatable bonds is 4. The Bertz CT molecular complexity index is 814. The number of anilines is 1. The van der Waals surface area contributed by atoms with Crippen molar-refractivity contribution in [2.24, 2.45) is 0 Å². The van der Waals surface area contributed by atoms with Gasteiger partial charge in [-0.3, -0.25) is 4.79 Å². The van der Waals surface area contributed by atoms with E-state index < -0.39 is 10.0 Å². The quantitative estimate of drug-likeness (QED) is 0.909. The summed E-state index contributed by atoms with van der Waals surface area (Å²) >= 11 is 0. The number of hydrogen-bond donors (Lipinski definition) is 2. The summed E-state index contributed by atoms with van der Waals surface area (Å²) in [6, 6.07) is 12.0. The minimum Gasteiger partial charge on any atom is -0.322 e. The lowest BCUT2D eigenvalue weighted by Gasteiger charge is -2.11. The maximum Gasteiger partial charge on any atom is 0.255 e. The number of aryl methyl sites for hydroxylation is 2. The molecular weight excluding hydrogens is 300 g/mol. The van der Waals surface area contributed by atoms with Gasteiger partial charge < -0.3 is 5.32 Å². The van der Waals surface area contributed by atoms with Crippen molar-refractivity contribution in [3.05, 3.63) is 59.2 Å². The van der Waals surface area contributed by atoms with E-state index >= 15 is 0 Å². The molecule has 6 heteroatoms. The van der Waals surface area contributed by atoms with Crippen LogP contribution in [-0.4, -0.2) is 21.4 Å². The molecule has 0 aliphatic heterocycles. The topological polar surface area (TPSA) is 75.3 Å². The number of hydrogen-bond acceptors (Lipinski definition) is 3. The zero-order valence-corrected chi connectivity index (χ0v) is 13.5. The number of amides is 1. The average molecular weight is 318 g/mol. The van der Waals surface area contributed by atoms with Gasteiger partial charge in [0.2, 0.25) is 10.0 Å². The first-order valence-electron chi connectivity index (χ1n) is 6.76. The van der Waals surface area contributed by atoms with Gasteiger partial charge in [0, 0.05) is 11.3 Å². The van der Waals surface area contributed by atoms with Gasteiger partial charge in [-0.15, -0.1) is 0 Å². The molecule has 0 aromatic heterocycles.